The molecule has 18 heavy (non-hydrogen) atoms. The smallest absolute Gasteiger partial charge is 0.136 e. The van der Waals surface area contributed by atoms with Crippen LogP contribution in [0.15, 0.2) is 24.3 Å². The predicted octanol–water partition coefficient (Wildman–Crippen LogP) is 3.92. The van der Waals surface area contributed by atoms with Crippen LogP contribution in [0, 0.1) is 0 Å². The van der Waals surface area contributed by atoms with Gasteiger partial charge in [-0.1, -0.05) is 38.1 Å². The Morgan fingerprint density at radius 3 is 1.83 bits per heavy atom. The second-order valence-corrected chi connectivity index (χ2v) is 8.04. The molecule has 1 aromatic rings. The second kappa shape index (κ2) is 6.09. The van der Waals surface area contributed by atoms with E-state index in [0.29, 0.717) is 5.92 Å². The van der Waals surface area contributed by atoms with Crippen LogP contribution in [0.4, 0.5) is 0 Å². The number of nitrogens with one attached hydrogen (secondary N) is 1. The van der Waals surface area contributed by atoms with Gasteiger partial charge in [-0.2, -0.15) is 0 Å². The third-order valence-corrected chi connectivity index (χ3v) is 4.62. The predicted molar refractivity (Wildman–Crippen MR) is 80.0 cm³/mol. The lowest BCUT2D eigenvalue weighted by molar-refractivity contribution is 0.531. The molecule has 1 rings (SSSR count). The summed E-state index contributed by atoms with van der Waals surface area (Å²) in [6.07, 6.45) is 0. The topological polar surface area (TPSA) is 35.1 Å². The lowest BCUT2D eigenvalue weighted by atomic mass is 10.00. The fourth-order valence-corrected chi connectivity index (χ4v) is 2.39. The highest BCUT2D eigenvalue weighted by atomic mass is 32.2. The van der Waals surface area contributed by atoms with Crippen molar-refractivity contribution in [3.63, 3.8) is 0 Å². The molecule has 0 heterocycles. The Morgan fingerprint density at radius 1 is 1.00 bits per heavy atom. The fourth-order valence-electron chi connectivity index (χ4n) is 1.57. The lowest BCUT2D eigenvalue weighted by Gasteiger charge is -2.26. The van der Waals surface area contributed by atoms with Crippen LogP contribution in [0.1, 0.15) is 64.6 Å². The van der Waals surface area contributed by atoms with Crippen LogP contribution >= 0.6 is 0 Å². The van der Waals surface area contributed by atoms with Crippen LogP contribution in [0.3, 0.4) is 0 Å². The number of benzene rings is 1. The molecule has 0 aliphatic rings. The summed E-state index contributed by atoms with van der Waals surface area (Å²) < 4.78 is 15.0. The molecule has 1 N–H and O–H groups in total. The Kier molecular flexibility index (Phi) is 5.26. The van der Waals surface area contributed by atoms with Crippen molar-refractivity contribution in [3.8, 4) is 0 Å². The highest BCUT2D eigenvalue weighted by Gasteiger charge is 2.28. The first-order valence-electron chi connectivity index (χ1n) is 6.49. The molecule has 2 nitrogen and oxygen atoms in total. The molecule has 0 fully saturated rings. The maximum Gasteiger partial charge on any atom is 0.136 e. The normalized spacial score (nSPS) is 15.8. The summed E-state index contributed by atoms with van der Waals surface area (Å²) in [6, 6.07) is 8.64. The zero-order chi connectivity index (χ0) is 13.9. The summed E-state index contributed by atoms with van der Waals surface area (Å²) in [7, 11) is 0. The SMILES string of the molecule is CC(C)c1ccc([C@H](C)N[S@+]([O-])C(C)(C)C)cc1. The molecule has 0 amide bonds. The highest BCUT2D eigenvalue weighted by molar-refractivity contribution is 7.90. The fraction of sp³-hybridized carbons (Fsp3) is 0.600. The molecule has 2 atom stereocenters. The van der Waals surface area contributed by atoms with Crippen LogP contribution in [-0.2, 0) is 11.4 Å². The first-order valence-corrected chi connectivity index (χ1v) is 7.64. The molecular weight excluding hydrogens is 242 g/mol. The molecule has 0 aliphatic carbocycles. The van der Waals surface area contributed by atoms with Crippen molar-refractivity contribution in [2.45, 2.75) is 58.2 Å². The van der Waals surface area contributed by atoms with Crippen molar-refractivity contribution in [1.29, 1.82) is 0 Å². The molecule has 1 aromatic carbocycles. The van der Waals surface area contributed by atoms with Crippen molar-refractivity contribution >= 4 is 11.4 Å². The van der Waals surface area contributed by atoms with E-state index in [1.54, 1.807) is 0 Å². The van der Waals surface area contributed by atoms with E-state index < -0.39 is 11.4 Å². The van der Waals surface area contributed by atoms with Gasteiger partial charge >= 0.3 is 0 Å². The molecule has 0 aromatic heterocycles. The Bertz CT molecular complexity index is 367. The van der Waals surface area contributed by atoms with Crippen molar-refractivity contribution in [2.24, 2.45) is 0 Å². The zero-order valence-corrected chi connectivity index (χ0v) is 13.1. The average molecular weight is 267 g/mol. The maximum atomic E-state index is 12.0. The minimum atomic E-state index is -1.03. The van der Waals surface area contributed by atoms with E-state index in [1.807, 2.05) is 27.7 Å². The van der Waals surface area contributed by atoms with Gasteiger partial charge in [0, 0.05) is 11.4 Å². The van der Waals surface area contributed by atoms with Gasteiger partial charge in [-0.05, 0) is 44.7 Å². The Morgan fingerprint density at radius 2 is 1.44 bits per heavy atom. The minimum Gasteiger partial charge on any atom is -0.598 e. The summed E-state index contributed by atoms with van der Waals surface area (Å²) >= 11 is -1.03. The summed E-state index contributed by atoms with van der Waals surface area (Å²) in [6.45, 7) is 12.4. The van der Waals surface area contributed by atoms with Gasteiger partial charge in [0.1, 0.15) is 4.75 Å². The van der Waals surface area contributed by atoms with Gasteiger partial charge in [-0.3, -0.25) is 0 Å². The van der Waals surface area contributed by atoms with Crippen molar-refractivity contribution in [3.05, 3.63) is 35.4 Å². The van der Waals surface area contributed by atoms with E-state index in [9.17, 15) is 4.55 Å². The molecule has 102 valence electrons. The van der Waals surface area contributed by atoms with Gasteiger partial charge < -0.3 is 4.55 Å². The first-order chi connectivity index (χ1) is 8.21. The largest absolute Gasteiger partial charge is 0.598 e. The third-order valence-electron chi connectivity index (χ3n) is 2.94. The lowest BCUT2D eigenvalue weighted by Crippen LogP contribution is -2.40. The molecule has 0 radical (unpaired) electrons. The quantitative estimate of drug-likeness (QED) is 0.839. The van der Waals surface area contributed by atoms with Crippen LogP contribution in [0.2, 0.25) is 0 Å². The molecule has 3 heteroatoms. The second-order valence-electron chi connectivity index (χ2n) is 6.04. The number of hydrogen-bond acceptors (Lipinski definition) is 2. The monoisotopic (exact) mass is 267 g/mol. The van der Waals surface area contributed by atoms with E-state index in [4.69, 9.17) is 0 Å². The van der Waals surface area contributed by atoms with Gasteiger partial charge in [0.25, 0.3) is 0 Å². The molecular formula is C15H25NOS. The van der Waals surface area contributed by atoms with Crippen LogP contribution in [0.25, 0.3) is 0 Å². The zero-order valence-electron chi connectivity index (χ0n) is 12.3. The third kappa shape index (κ3) is 4.30. The number of rotatable bonds is 4. The Balaban J connectivity index is 2.70. The van der Waals surface area contributed by atoms with Crippen LogP contribution in [0.5, 0.6) is 0 Å². The average Bonchev–Trinajstić information content (AvgIpc) is 2.27. The van der Waals surface area contributed by atoms with E-state index in [1.165, 1.54) is 11.1 Å². The van der Waals surface area contributed by atoms with E-state index >= 15 is 0 Å². The summed E-state index contributed by atoms with van der Waals surface area (Å²) in [5.74, 6) is 0.547. The molecule has 0 aliphatic heterocycles. The van der Waals surface area contributed by atoms with Crippen LogP contribution in [-0.4, -0.2) is 9.30 Å². The van der Waals surface area contributed by atoms with Crippen molar-refractivity contribution in [2.75, 3.05) is 0 Å². The molecule has 0 saturated carbocycles. The van der Waals surface area contributed by atoms with Gasteiger partial charge in [0.15, 0.2) is 0 Å². The number of hydrogen-bond donors (Lipinski definition) is 1. The van der Waals surface area contributed by atoms with E-state index in [0.717, 1.165) is 0 Å². The standard InChI is InChI=1S/C15H25NOS/c1-11(2)13-7-9-14(10-8-13)12(3)16-18(17)15(4,5)6/h7-12,16H,1-6H3/t12-,18+/m0/s1. The Labute approximate surface area is 114 Å². The van der Waals surface area contributed by atoms with Crippen LogP contribution < -0.4 is 4.72 Å². The van der Waals surface area contributed by atoms with Gasteiger partial charge in [-0.25, -0.2) is 0 Å². The molecule has 0 unspecified atom stereocenters. The summed E-state index contributed by atoms with van der Waals surface area (Å²) in [5, 5.41) is 0. The Hall–Kier alpha value is -0.510. The van der Waals surface area contributed by atoms with Crippen molar-refractivity contribution in [1.82, 2.24) is 4.72 Å². The van der Waals surface area contributed by atoms with Gasteiger partial charge in [-0.15, -0.1) is 4.72 Å². The van der Waals surface area contributed by atoms with Gasteiger partial charge in [0.05, 0.1) is 6.04 Å². The minimum absolute atomic E-state index is 0.103. The van der Waals surface area contributed by atoms with Gasteiger partial charge in [0.2, 0.25) is 0 Å². The first kappa shape index (κ1) is 15.5. The maximum absolute atomic E-state index is 12.0. The van der Waals surface area contributed by atoms with E-state index in [-0.39, 0.29) is 10.8 Å². The summed E-state index contributed by atoms with van der Waals surface area (Å²) in [5.41, 5.74) is 2.51. The molecule has 0 saturated heterocycles. The van der Waals surface area contributed by atoms with Crippen molar-refractivity contribution < 1.29 is 4.55 Å². The summed E-state index contributed by atoms with van der Waals surface area (Å²) in [4.78, 5) is 0. The molecule has 0 spiro atoms. The molecule has 0 bridgehead atoms. The highest BCUT2D eigenvalue weighted by Crippen LogP contribution is 2.21. The van der Waals surface area contributed by atoms with E-state index in [2.05, 4.69) is 42.8 Å².